The van der Waals surface area contributed by atoms with Crippen LogP contribution in [0.3, 0.4) is 0 Å². The third-order valence-corrected chi connectivity index (χ3v) is 7.40. The van der Waals surface area contributed by atoms with Gasteiger partial charge in [0.15, 0.2) is 0 Å². The average Bonchev–Trinajstić information content (AvgIpc) is 3.44. The number of nitrogens with one attached hydrogen (secondary N) is 1. The minimum atomic E-state index is -0.908. The molecular formula is C34H31N5O4. The number of unbranched alkanes of at least 4 members (excludes halogenated alkanes) is 1. The second kappa shape index (κ2) is 12.3. The summed E-state index contributed by atoms with van der Waals surface area (Å²) in [7, 11) is 0. The van der Waals surface area contributed by atoms with Gasteiger partial charge in [-0.25, -0.2) is 14.8 Å². The zero-order valence-corrected chi connectivity index (χ0v) is 23.4. The number of fused-ring (bicyclic) bond motifs is 5. The summed E-state index contributed by atoms with van der Waals surface area (Å²) < 4.78 is 7.50. The summed E-state index contributed by atoms with van der Waals surface area (Å²) in [6, 6.07) is 28.7. The van der Waals surface area contributed by atoms with Gasteiger partial charge in [0.05, 0.1) is 22.1 Å². The SMILES string of the molecule is NCCCC[C@H](NC(=O)c1cc(-c2nc3ccccc3c3nc4ccccc4n23)ccc1O)C(=O)OCc1ccccc1. The van der Waals surface area contributed by atoms with Gasteiger partial charge in [-0.05, 0) is 73.8 Å². The van der Waals surface area contributed by atoms with Crippen LogP contribution < -0.4 is 11.1 Å². The topological polar surface area (TPSA) is 132 Å². The molecule has 43 heavy (non-hydrogen) atoms. The standard InChI is InChI=1S/C34H31N5O4/c35-19-9-8-15-28(34(42)43-21-22-10-2-1-3-11-22)38-33(41)25-20-23(17-18-30(25)40)31-36-26-13-5-4-12-24(26)32-37-27-14-6-7-16-29(27)39(31)32/h1-7,10-14,16-18,20,28,40H,8-9,15,19,21,35H2,(H,38,41)/t28-/m0/s1. The predicted octanol–water partition coefficient (Wildman–Crippen LogP) is 5.38. The molecule has 4 aromatic carbocycles. The van der Waals surface area contributed by atoms with Gasteiger partial charge in [0, 0.05) is 10.9 Å². The minimum absolute atomic E-state index is 0.0183. The molecule has 2 heterocycles. The Bertz CT molecular complexity index is 1940. The number of aromatic hydroxyl groups is 1. The highest BCUT2D eigenvalue weighted by Crippen LogP contribution is 2.31. The third kappa shape index (κ3) is 5.75. The molecule has 6 rings (SSSR count). The summed E-state index contributed by atoms with van der Waals surface area (Å²) >= 11 is 0. The van der Waals surface area contributed by atoms with E-state index in [-0.39, 0.29) is 17.9 Å². The number of amides is 1. The van der Waals surface area contributed by atoms with Crippen LogP contribution in [0.25, 0.3) is 39.0 Å². The van der Waals surface area contributed by atoms with Crippen LogP contribution in [0.4, 0.5) is 0 Å². The lowest BCUT2D eigenvalue weighted by atomic mass is 10.1. The number of phenols is 1. The number of nitrogens with zero attached hydrogens (tertiary/aromatic N) is 3. The summed E-state index contributed by atoms with van der Waals surface area (Å²) in [6.45, 7) is 0.560. The molecule has 4 N–H and O–H groups in total. The molecule has 1 amide bonds. The third-order valence-electron chi connectivity index (χ3n) is 7.40. The van der Waals surface area contributed by atoms with Crippen molar-refractivity contribution < 1.29 is 19.4 Å². The van der Waals surface area contributed by atoms with Crippen LogP contribution >= 0.6 is 0 Å². The van der Waals surface area contributed by atoms with Crippen molar-refractivity contribution in [1.82, 2.24) is 19.7 Å². The Morgan fingerprint density at radius 1 is 0.884 bits per heavy atom. The maximum atomic E-state index is 13.6. The monoisotopic (exact) mass is 573 g/mol. The Hall–Kier alpha value is -5.28. The molecule has 0 aliphatic heterocycles. The molecule has 0 radical (unpaired) electrons. The molecule has 0 unspecified atom stereocenters. The predicted molar refractivity (Wildman–Crippen MR) is 165 cm³/mol. The summed E-state index contributed by atoms with van der Waals surface area (Å²) in [4.78, 5) is 36.4. The fourth-order valence-corrected chi connectivity index (χ4v) is 5.20. The van der Waals surface area contributed by atoms with Crippen molar-refractivity contribution in [2.75, 3.05) is 6.54 Å². The van der Waals surface area contributed by atoms with Crippen LogP contribution in [-0.2, 0) is 16.1 Å². The van der Waals surface area contributed by atoms with E-state index in [0.717, 1.165) is 33.1 Å². The van der Waals surface area contributed by atoms with E-state index in [0.29, 0.717) is 37.2 Å². The van der Waals surface area contributed by atoms with Crippen molar-refractivity contribution in [3.8, 4) is 17.1 Å². The van der Waals surface area contributed by atoms with Crippen molar-refractivity contribution in [3.05, 3.63) is 108 Å². The number of hydrogen-bond donors (Lipinski definition) is 3. The largest absolute Gasteiger partial charge is 0.507 e. The maximum Gasteiger partial charge on any atom is 0.328 e. The van der Waals surface area contributed by atoms with Crippen molar-refractivity contribution in [1.29, 1.82) is 0 Å². The summed E-state index contributed by atoms with van der Waals surface area (Å²) in [5.74, 6) is -0.792. The van der Waals surface area contributed by atoms with Crippen molar-refractivity contribution in [3.63, 3.8) is 0 Å². The number of rotatable bonds is 10. The molecule has 0 aliphatic rings. The highest BCUT2D eigenvalue weighted by Gasteiger charge is 2.25. The number of phenolic OH excluding ortho intramolecular Hbond substituents is 1. The molecule has 0 saturated carbocycles. The molecule has 0 aliphatic carbocycles. The van der Waals surface area contributed by atoms with Crippen molar-refractivity contribution >= 4 is 39.5 Å². The number of nitrogens with two attached hydrogens (primary N) is 1. The first-order chi connectivity index (χ1) is 21.0. The minimum Gasteiger partial charge on any atom is -0.507 e. The second-order valence-electron chi connectivity index (χ2n) is 10.3. The zero-order valence-electron chi connectivity index (χ0n) is 23.4. The first-order valence-electron chi connectivity index (χ1n) is 14.2. The number of ether oxygens (including phenoxy) is 1. The number of para-hydroxylation sites is 3. The van der Waals surface area contributed by atoms with E-state index in [1.54, 1.807) is 12.1 Å². The van der Waals surface area contributed by atoms with Gasteiger partial charge in [-0.1, -0.05) is 54.6 Å². The quantitative estimate of drug-likeness (QED) is 0.148. The fraction of sp³-hybridized carbons (Fsp3) is 0.176. The molecule has 0 fully saturated rings. The zero-order chi connectivity index (χ0) is 29.8. The van der Waals surface area contributed by atoms with Crippen molar-refractivity contribution in [2.24, 2.45) is 5.73 Å². The molecule has 0 saturated heterocycles. The van der Waals surface area contributed by atoms with Gasteiger partial charge in [-0.2, -0.15) is 0 Å². The molecule has 6 aromatic rings. The summed E-state index contributed by atoms with van der Waals surface area (Å²) in [5, 5.41) is 14.4. The summed E-state index contributed by atoms with van der Waals surface area (Å²) in [6.07, 6.45) is 1.67. The van der Waals surface area contributed by atoms with E-state index in [9.17, 15) is 14.7 Å². The lowest BCUT2D eigenvalue weighted by Gasteiger charge is -2.18. The van der Waals surface area contributed by atoms with E-state index in [1.807, 2.05) is 83.3 Å². The normalized spacial score (nSPS) is 12.0. The Balaban J connectivity index is 1.34. The van der Waals surface area contributed by atoms with Gasteiger partial charge in [-0.3, -0.25) is 9.20 Å². The maximum absolute atomic E-state index is 13.6. The Morgan fingerprint density at radius 3 is 2.44 bits per heavy atom. The van der Waals surface area contributed by atoms with Crippen LogP contribution in [0, 0.1) is 0 Å². The number of esters is 1. The molecule has 1 atom stereocenters. The van der Waals surface area contributed by atoms with Crippen LogP contribution in [0.5, 0.6) is 5.75 Å². The van der Waals surface area contributed by atoms with Gasteiger partial charge >= 0.3 is 5.97 Å². The first-order valence-corrected chi connectivity index (χ1v) is 14.2. The van der Waals surface area contributed by atoms with Crippen LogP contribution in [0.1, 0.15) is 35.2 Å². The number of aromatic nitrogens is 3. The number of hydrogen-bond acceptors (Lipinski definition) is 7. The van der Waals surface area contributed by atoms with Crippen LogP contribution in [0.15, 0.2) is 97.1 Å². The molecule has 9 heteroatoms. The molecule has 2 aromatic heterocycles. The van der Waals surface area contributed by atoms with E-state index in [1.165, 1.54) is 6.07 Å². The number of benzene rings is 4. The lowest BCUT2D eigenvalue weighted by Crippen LogP contribution is -2.42. The molecule has 0 bridgehead atoms. The average molecular weight is 574 g/mol. The van der Waals surface area contributed by atoms with Gasteiger partial charge in [0.25, 0.3) is 5.91 Å². The molecule has 9 nitrogen and oxygen atoms in total. The molecule has 216 valence electrons. The Morgan fingerprint density at radius 2 is 1.63 bits per heavy atom. The number of carbonyl (C=O) groups is 2. The van der Waals surface area contributed by atoms with Gasteiger partial charge in [0.1, 0.15) is 29.9 Å². The van der Waals surface area contributed by atoms with Gasteiger partial charge < -0.3 is 20.9 Å². The van der Waals surface area contributed by atoms with E-state index in [2.05, 4.69) is 5.32 Å². The fourth-order valence-electron chi connectivity index (χ4n) is 5.20. The number of carbonyl (C=O) groups excluding carboxylic acids is 2. The Kier molecular flexibility index (Phi) is 7.97. The van der Waals surface area contributed by atoms with Gasteiger partial charge in [-0.15, -0.1) is 0 Å². The molecule has 0 spiro atoms. The van der Waals surface area contributed by atoms with E-state index in [4.69, 9.17) is 20.4 Å². The highest BCUT2D eigenvalue weighted by atomic mass is 16.5. The molecular weight excluding hydrogens is 542 g/mol. The van der Waals surface area contributed by atoms with Gasteiger partial charge in [0.2, 0.25) is 0 Å². The van der Waals surface area contributed by atoms with Crippen LogP contribution in [0.2, 0.25) is 0 Å². The first kappa shape index (κ1) is 27.9. The summed E-state index contributed by atoms with van der Waals surface area (Å²) in [5.41, 5.74) is 10.3. The van der Waals surface area contributed by atoms with E-state index >= 15 is 0 Å². The highest BCUT2D eigenvalue weighted by molar-refractivity contribution is 6.01. The van der Waals surface area contributed by atoms with Crippen LogP contribution in [-0.4, -0.2) is 43.9 Å². The second-order valence-corrected chi connectivity index (χ2v) is 10.3. The smallest absolute Gasteiger partial charge is 0.328 e. The Labute approximate surface area is 248 Å². The van der Waals surface area contributed by atoms with Crippen molar-refractivity contribution in [2.45, 2.75) is 31.9 Å². The lowest BCUT2D eigenvalue weighted by molar-refractivity contribution is -0.147. The van der Waals surface area contributed by atoms with E-state index < -0.39 is 17.9 Å². The number of imidazole rings is 1.